The van der Waals surface area contributed by atoms with E-state index in [9.17, 15) is 8.42 Å². The summed E-state index contributed by atoms with van der Waals surface area (Å²) >= 11 is 3.40. The van der Waals surface area contributed by atoms with Crippen molar-refractivity contribution in [3.05, 3.63) is 71.0 Å². The third-order valence-electron chi connectivity index (χ3n) is 6.90. The van der Waals surface area contributed by atoms with Crippen LogP contribution in [0.4, 0.5) is 11.5 Å². The summed E-state index contributed by atoms with van der Waals surface area (Å²) in [6.07, 6.45) is 1.61. The van der Waals surface area contributed by atoms with E-state index in [-0.39, 0.29) is 5.75 Å². The molecule has 0 atom stereocenters. The van der Waals surface area contributed by atoms with Crippen LogP contribution in [0.3, 0.4) is 0 Å². The highest BCUT2D eigenvalue weighted by atomic mass is 79.9. The Labute approximate surface area is 251 Å². The van der Waals surface area contributed by atoms with Crippen molar-refractivity contribution in [2.75, 3.05) is 42.5 Å². The lowest BCUT2D eigenvalue weighted by Gasteiger charge is -2.28. The van der Waals surface area contributed by atoms with Gasteiger partial charge in [0.25, 0.3) is 0 Å². The second kappa shape index (κ2) is 12.6. The molecule has 0 amide bonds. The van der Waals surface area contributed by atoms with Crippen LogP contribution in [0.15, 0.2) is 65.4 Å². The Morgan fingerprint density at radius 1 is 1.05 bits per heavy atom. The van der Waals surface area contributed by atoms with E-state index < -0.39 is 18.1 Å². The molecule has 12 heteroatoms. The van der Waals surface area contributed by atoms with Crippen molar-refractivity contribution in [1.82, 2.24) is 14.5 Å². The number of morpholine rings is 1. The highest BCUT2D eigenvalue weighted by Crippen LogP contribution is 2.33. The summed E-state index contributed by atoms with van der Waals surface area (Å²) in [5, 5.41) is 0.956. The van der Waals surface area contributed by atoms with Crippen LogP contribution in [0.5, 0.6) is 0 Å². The number of ether oxygens (including phenoxy) is 2. The number of sulfonamides is 1. The molecule has 2 aromatic carbocycles. The van der Waals surface area contributed by atoms with Gasteiger partial charge in [0.2, 0.25) is 10.0 Å². The molecule has 5 rings (SSSR count). The molecule has 0 radical (unpaired) electrons. The van der Waals surface area contributed by atoms with Gasteiger partial charge in [0, 0.05) is 37.9 Å². The van der Waals surface area contributed by atoms with Gasteiger partial charge in [-0.2, -0.15) is 0 Å². The topological polar surface area (TPSA) is 98.6 Å². The lowest BCUT2D eigenvalue weighted by molar-refractivity contribution is 0.0909. The van der Waals surface area contributed by atoms with Crippen molar-refractivity contribution in [3.8, 4) is 11.3 Å². The number of hydrogen-bond donors (Lipinski definition) is 1. The summed E-state index contributed by atoms with van der Waals surface area (Å²) in [5.74, 6) is 0.775. The Hall–Kier alpha value is -2.77. The normalized spacial score (nSPS) is 14.5. The van der Waals surface area contributed by atoms with E-state index in [2.05, 4.69) is 65.8 Å². The van der Waals surface area contributed by atoms with Crippen molar-refractivity contribution in [2.45, 2.75) is 38.2 Å². The first-order valence-electron chi connectivity index (χ1n) is 13.7. The van der Waals surface area contributed by atoms with Crippen LogP contribution < -0.4 is 9.62 Å². The van der Waals surface area contributed by atoms with E-state index in [1.165, 1.54) is 0 Å². The predicted octanol–water partition coefficient (Wildman–Crippen LogP) is 5.95. The Morgan fingerprint density at radius 3 is 2.51 bits per heavy atom. The van der Waals surface area contributed by atoms with E-state index in [1.54, 1.807) is 30.6 Å². The number of nitrogens with one attached hydrogen (secondary N) is 1. The van der Waals surface area contributed by atoms with Crippen LogP contribution in [0, 0.1) is 0 Å². The van der Waals surface area contributed by atoms with Crippen LogP contribution in [-0.4, -0.2) is 63.9 Å². The molecule has 218 valence electrons. The molecule has 0 bridgehead atoms. The zero-order valence-corrected chi connectivity index (χ0v) is 27.0. The average molecular weight is 659 g/mol. The zero-order valence-electron chi connectivity index (χ0n) is 23.6. The molecular weight excluding hydrogens is 622 g/mol. The molecule has 0 unspecified atom stereocenters. The minimum atomic E-state index is -3.58. The van der Waals surface area contributed by atoms with Crippen molar-refractivity contribution in [2.24, 2.45) is 0 Å². The largest absolute Gasteiger partial charge is 0.378 e. The number of halogens is 1. The van der Waals surface area contributed by atoms with Crippen molar-refractivity contribution in [1.29, 1.82) is 0 Å². The van der Waals surface area contributed by atoms with Gasteiger partial charge in [0.05, 0.1) is 30.0 Å². The molecule has 9 nitrogen and oxygen atoms in total. The average Bonchev–Trinajstić information content (AvgIpc) is 3.29. The molecule has 0 aliphatic carbocycles. The molecule has 3 heterocycles. The van der Waals surface area contributed by atoms with E-state index in [0.717, 1.165) is 51.7 Å². The standard InChI is InChI=1S/C29H36BrN5O4SSi/c1-41(2,3)16-15-39-21-35-27(18-26-28(31-20-32-29(26)35)34-11-13-38-14-12-34)23-7-9-25(10-8-23)33-40(36,37)19-22-5-4-6-24(30)17-22/h4-10,17-18,20,33H,11-16,19,21H2,1-3H3. The maximum Gasteiger partial charge on any atom is 0.236 e. The number of fused-ring (bicyclic) bond motifs is 1. The van der Waals surface area contributed by atoms with Crippen LogP contribution in [0.25, 0.3) is 22.3 Å². The molecule has 1 N–H and O–H groups in total. The quantitative estimate of drug-likeness (QED) is 0.157. The lowest BCUT2D eigenvalue weighted by atomic mass is 10.1. The third-order valence-corrected chi connectivity index (χ3v) is 10.4. The summed E-state index contributed by atoms with van der Waals surface area (Å²) < 4.78 is 43.0. The predicted molar refractivity (Wildman–Crippen MR) is 170 cm³/mol. The maximum atomic E-state index is 12.8. The van der Waals surface area contributed by atoms with Gasteiger partial charge in [-0.3, -0.25) is 4.72 Å². The highest BCUT2D eigenvalue weighted by Gasteiger charge is 2.21. The smallest absolute Gasteiger partial charge is 0.236 e. The van der Waals surface area contributed by atoms with E-state index >= 15 is 0 Å². The summed E-state index contributed by atoms with van der Waals surface area (Å²) in [4.78, 5) is 11.5. The van der Waals surface area contributed by atoms with Crippen LogP contribution in [-0.2, 0) is 32.0 Å². The molecule has 2 aromatic heterocycles. The number of benzene rings is 2. The molecule has 1 saturated heterocycles. The first-order chi connectivity index (χ1) is 19.6. The van der Waals surface area contributed by atoms with E-state index in [1.807, 2.05) is 24.3 Å². The summed E-state index contributed by atoms with van der Waals surface area (Å²) in [6.45, 7) is 10.9. The third kappa shape index (κ3) is 7.75. The fourth-order valence-corrected chi connectivity index (χ4v) is 7.14. The van der Waals surface area contributed by atoms with E-state index in [0.29, 0.717) is 37.8 Å². The van der Waals surface area contributed by atoms with E-state index in [4.69, 9.17) is 9.47 Å². The molecule has 4 aromatic rings. The van der Waals surface area contributed by atoms with Gasteiger partial charge in [0.15, 0.2) is 0 Å². The molecule has 0 saturated carbocycles. The first-order valence-corrected chi connectivity index (χ1v) is 19.8. The molecule has 1 aliphatic rings. The Balaban J connectivity index is 1.42. The minimum Gasteiger partial charge on any atom is -0.378 e. The molecule has 1 fully saturated rings. The first kappa shape index (κ1) is 29.7. The Morgan fingerprint density at radius 2 is 1.80 bits per heavy atom. The maximum absolute atomic E-state index is 12.8. The molecule has 0 spiro atoms. The number of hydrogen-bond acceptors (Lipinski definition) is 7. The van der Waals surface area contributed by atoms with Crippen LogP contribution in [0.2, 0.25) is 25.7 Å². The van der Waals surface area contributed by atoms with Crippen LogP contribution >= 0.6 is 15.9 Å². The van der Waals surface area contributed by atoms with Crippen molar-refractivity contribution in [3.63, 3.8) is 0 Å². The molecule has 41 heavy (non-hydrogen) atoms. The zero-order chi connectivity index (χ0) is 29.0. The Bertz CT molecular complexity index is 1600. The second-order valence-corrected chi connectivity index (χ2v) is 19.7. The van der Waals surface area contributed by atoms with Gasteiger partial charge in [-0.25, -0.2) is 18.4 Å². The van der Waals surface area contributed by atoms with Crippen molar-refractivity contribution < 1.29 is 17.9 Å². The van der Waals surface area contributed by atoms with Gasteiger partial charge >= 0.3 is 0 Å². The Kier molecular flexibility index (Phi) is 9.14. The van der Waals surface area contributed by atoms with Gasteiger partial charge in [-0.1, -0.05) is 59.8 Å². The molecular formula is C29H36BrN5O4SSi. The highest BCUT2D eigenvalue weighted by molar-refractivity contribution is 9.10. The monoisotopic (exact) mass is 657 g/mol. The van der Waals surface area contributed by atoms with Gasteiger partial charge in [-0.05, 0) is 47.5 Å². The van der Waals surface area contributed by atoms with Crippen molar-refractivity contribution >= 4 is 56.6 Å². The second-order valence-electron chi connectivity index (χ2n) is 11.4. The summed E-state index contributed by atoms with van der Waals surface area (Å²) in [5.41, 5.74) is 3.89. The fourth-order valence-electron chi connectivity index (χ4n) is 4.75. The van der Waals surface area contributed by atoms with Crippen LogP contribution in [0.1, 0.15) is 5.56 Å². The summed E-state index contributed by atoms with van der Waals surface area (Å²) in [6, 6.07) is 17.9. The lowest BCUT2D eigenvalue weighted by Crippen LogP contribution is -2.36. The summed E-state index contributed by atoms with van der Waals surface area (Å²) in [7, 11) is -4.82. The number of rotatable bonds is 11. The number of aromatic nitrogens is 3. The SMILES string of the molecule is C[Si](C)(C)CCOCn1c(-c2ccc(NS(=O)(=O)Cc3cccc(Br)c3)cc2)cc2c(N3CCOCC3)ncnc21. The number of anilines is 2. The van der Waals surface area contributed by atoms with Gasteiger partial charge in [-0.15, -0.1) is 0 Å². The van der Waals surface area contributed by atoms with Gasteiger partial charge in [0.1, 0.15) is 24.5 Å². The van der Waals surface area contributed by atoms with Gasteiger partial charge < -0.3 is 18.9 Å². The molecule has 1 aliphatic heterocycles. The fraction of sp³-hybridized carbons (Fsp3) is 0.379. The number of nitrogens with zero attached hydrogens (tertiary/aromatic N) is 4. The minimum absolute atomic E-state index is 0.111.